The van der Waals surface area contributed by atoms with Crippen LogP contribution in [-0.2, 0) is 99.9 Å². The molecule has 15 atom stereocenters. The van der Waals surface area contributed by atoms with E-state index in [2.05, 4.69) is 0 Å². The van der Waals surface area contributed by atoms with Crippen molar-refractivity contribution in [2.24, 2.45) is 0 Å². The van der Waals surface area contributed by atoms with Crippen LogP contribution in [0.3, 0.4) is 0 Å². The summed E-state index contributed by atoms with van der Waals surface area (Å²) in [6.07, 6.45) is -26.2. The molecule has 3 rings (SSSR count). The van der Waals surface area contributed by atoms with Crippen LogP contribution >= 0.6 is 0 Å². The maximum atomic E-state index is 12.3. The summed E-state index contributed by atoms with van der Waals surface area (Å²) in [6, 6.07) is 0. The van der Waals surface area contributed by atoms with Crippen LogP contribution in [0.15, 0.2) is 0 Å². The molecule has 24 heteroatoms. The summed E-state index contributed by atoms with van der Waals surface area (Å²) in [5, 5.41) is 33.2. The van der Waals surface area contributed by atoms with Gasteiger partial charge in [0, 0.05) is 55.4 Å². The zero-order chi connectivity index (χ0) is 43.6. The number of aliphatic hydroxyl groups excluding tert-OH is 3. The minimum absolute atomic E-state index is 0.586. The molecule has 0 aromatic heterocycles. The van der Waals surface area contributed by atoms with Crippen molar-refractivity contribution in [2.45, 2.75) is 148 Å². The van der Waals surface area contributed by atoms with Crippen molar-refractivity contribution in [1.29, 1.82) is 0 Å². The first-order valence-electron chi connectivity index (χ1n) is 17.7. The zero-order valence-electron chi connectivity index (χ0n) is 32.7. The van der Waals surface area contributed by atoms with Crippen molar-refractivity contribution in [2.75, 3.05) is 19.8 Å². The van der Waals surface area contributed by atoms with Crippen LogP contribution in [0.5, 0.6) is 0 Å². The summed E-state index contributed by atoms with van der Waals surface area (Å²) >= 11 is 0. The lowest BCUT2D eigenvalue weighted by Gasteiger charge is -2.47. The van der Waals surface area contributed by atoms with Crippen LogP contribution in [0, 0.1) is 0 Å². The molecule has 0 saturated carbocycles. The molecule has 3 heterocycles. The molecule has 58 heavy (non-hydrogen) atoms. The highest BCUT2D eigenvalue weighted by molar-refractivity contribution is 5.70. The summed E-state index contributed by atoms with van der Waals surface area (Å²) in [5.74, 6) is -7.15. The van der Waals surface area contributed by atoms with Gasteiger partial charge in [-0.1, -0.05) is 0 Å². The average Bonchev–Trinajstić information content (AvgIpc) is 3.09. The topological polar surface area (TPSA) is 317 Å². The van der Waals surface area contributed by atoms with E-state index in [0.29, 0.717) is 0 Å². The van der Waals surface area contributed by atoms with E-state index in [9.17, 15) is 53.7 Å². The minimum Gasteiger partial charge on any atom is -0.463 e. The predicted octanol–water partition coefficient (Wildman–Crippen LogP) is -3.01. The molecular weight excluding hydrogens is 792 g/mol. The molecule has 0 radical (unpaired) electrons. The van der Waals surface area contributed by atoms with Gasteiger partial charge in [0.1, 0.15) is 49.8 Å². The van der Waals surface area contributed by atoms with Gasteiger partial charge in [-0.25, -0.2) is 0 Å². The van der Waals surface area contributed by atoms with Gasteiger partial charge >= 0.3 is 47.8 Å². The molecule has 0 amide bonds. The lowest BCUT2D eigenvalue weighted by atomic mass is 9.96. The van der Waals surface area contributed by atoms with Crippen LogP contribution in [0.25, 0.3) is 0 Å². The van der Waals surface area contributed by atoms with Gasteiger partial charge in [-0.05, 0) is 0 Å². The molecule has 0 aliphatic carbocycles. The van der Waals surface area contributed by atoms with Crippen LogP contribution in [0.1, 0.15) is 55.4 Å². The third kappa shape index (κ3) is 13.5. The number of carbonyl (C=O) groups excluding carboxylic acids is 8. The molecule has 24 nitrogen and oxygen atoms in total. The summed E-state index contributed by atoms with van der Waals surface area (Å²) in [7, 11) is 0. The highest BCUT2D eigenvalue weighted by Gasteiger charge is 2.57. The zero-order valence-corrected chi connectivity index (χ0v) is 32.7. The normalized spacial score (nSPS) is 34.6. The maximum Gasteiger partial charge on any atom is 0.303 e. The van der Waals surface area contributed by atoms with Gasteiger partial charge < -0.3 is 76.9 Å². The van der Waals surface area contributed by atoms with Gasteiger partial charge in [0.15, 0.2) is 55.5 Å². The van der Waals surface area contributed by atoms with Gasteiger partial charge in [0.25, 0.3) is 0 Å². The number of aliphatic hydroxyl groups is 3. The molecule has 3 N–H and O–H groups in total. The average molecular weight is 841 g/mol. The Morgan fingerprint density at radius 1 is 0.397 bits per heavy atom. The van der Waals surface area contributed by atoms with Crippen molar-refractivity contribution < 1.29 is 115 Å². The molecule has 0 aromatic carbocycles. The lowest BCUT2D eigenvalue weighted by Crippen LogP contribution is -2.66. The molecule has 3 fully saturated rings. The standard InChI is InChI=1S/C34H48O24/c1-12(35)46-10-21-25(49-14(3)37)28(51-16(5)39)30(53-18(7)41)33(56-21)48-9-20-23(43)27(24(44)32(45)55-20)58-34-31(54-19(8)42)29(52-17(6)40)26(50-15(4)38)22(57-34)11-47-13(2)36/h20-34,43-45H,9-11H2,1-8H3/t20-,21-,22-,23-,24+,25-,26-,27+,28+,29+,30-,31-,32+,33-,34+/m1/s1. The van der Waals surface area contributed by atoms with E-state index in [4.69, 9.17) is 61.6 Å². The molecule has 3 saturated heterocycles. The Kier molecular flexibility index (Phi) is 17.7. The Morgan fingerprint density at radius 3 is 1.16 bits per heavy atom. The van der Waals surface area contributed by atoms with Crippen molar-refractivity contribution >= 4 is 47.8 Å². The molecule has 328 valence electrons. The van der Waals surface area contributed by atoms with Crippen molar-refractivity contribution in [1.82, 2.24) is 0 Å². The Hall–Kier alpha value is -4.56. The second-order valence-corrected chi connectivity index (χ2v) is 13.1. The fourth-order valence-corrected chi connectivity index (χ4v) is 6.18. The number of carbonyl (C=O) groups is 8. The monoisotopic (exact) mass is 840 g/mol. The smallest absolute Gasteiger partial charge is 0.303 e. The summed E-state index contributed by atoms with van der Waals surface area (Å²) in [5.41, 5.74) is 0. The van der Waals surface area contributed by atoms with E-state index in [1.165, 1.54) is 0 Å². The van der Waals surface area contributed by atoms with E-state index >= 15 is 0 Å². The first-order chi connectivity index (χ1) is 27.1. The molecule has 0 aromatic rings. The molecule has 0 bridgehead atoms. The fourth-order valence-electron chi connectivity index (χ4n) is 6.18. The number of esters is 8. The molecule has 0 spiro atoms. The van der Waals surface area contributed by atoms with E-state index in [1.807, 2.05) is 0 Å². The third-order valence-electron chi connectivity index (χ3n) is 8.27. The van der Waals surface area contributed by atoms with Crippen molar-refractivity contribution in [3.8, 4) is 0 Å². The largest absolute Gasteiger partial charge is 0.463 e. The molecular formula is C34H48O24. The molecule has 0 unspecified atom stereocenters. The van der Waals surface area contributed by atoms with Crippen molar-refractivity contribution in [3.63, 3.8) is 0 Å². The number of hydrogen-bond donors (Lipinski definition) is 3. The molecule has 3 aliphatic rings. The van der Waals surface area contributed by atoms with Crippen LogP contribution in [0.2, 0.25) is 0 Å². The third-order valence-corrected chi connectivity index (χ3v) is 8.27. The Labute approximate surface area is 330 Å². The second kappa shape index (κ2) is 21.4. The number of rotatable bonds is 15. The SMILES string of the molecule is CC(=O)OC[C@H]1O[C@@H](OC[C@H]2O[C@H](O)[C@@H](O)[C@@H](O[C@@H]3O[C@H](COC(C)=O)[C@@H](OC(C)=O)[C@H](OC(C)=O)[C@H]3OC(C)=O)[C@@H]2O)[C@H](OC(C)=O)[C@@H](OC(C)=O)[C@@H]1OC(C)=O. The fraction of sp³-hybridized carbons (Fsp3) is 0.765. The Balaban J connectivity index is 1.97. The Morgan fingerprint density at radius 2 is 0.759 bits per heavy atom. The quantitative estimate of drug-likeness (QED) is 0.109. The minimum atomic E-state index is -2.14. The summed E-state index contributed by atoms with van der Waals surface area (Å²) in [4.78, 5) is 96.4. The van der Waals surface area contributed by atoms with Gasteiger partial charge in [-0.15, -0.1) is 0 Å². The highest BCUT2D eigenvalue weighted by Crippen LogP contribution is 2.35. The van der Waals surface area contributed by atoms with Crippen LogP contribution < -0.4 is 0 Å². The first kappa shape index (κ1) is 47.8. The van der Waals surface area contributed by atoms with Crippen LogP contribution in [0.4, 0.5) is 0 Å². The van der Waals surface area contributed by atoms with Gasteiger partial charge in [0.05, 0.1) is 6.61 Å². The van der Waals surface area contributed by atoms with Crippen LogP contribution in [-0.4, -0.2) is 175 Å². The summed E-state index contributed by atoms with van der Waals surface area (Å²) in [6.45, 7) is 6.11. The Bertz CT molecular complexity index is 1500. The summed E-state index contributed by atoms with van der Waals surface area (Å²) < 4.78 is 71.0. The van der Waals surface area contributed by atoms with Gasteiger partial charge in [-0.2, -0.15) is 0 Å². The second-order valence-electron chi connectivity index (χ2n) is 13.1. The lowest BCUT2D eigenvalue weighted by molar-refractivity contribution is -0.362. The van der Waals surface area contributed by atoms with Gasteiger partial charge in [0.2, 0.25) is 0 Å². The number of ether oxygens (including phenoxy) is 13. The highest BCUT2D eigenvalue weighted by atomic mass is 16.8. The van der Waals surface area contributed by atoms with E-state index < -0.39 is 160 Å². The maximum absolute atomic E-state index is 12.3. The van der Waals surface area contributed by atoms with E-state index in [-0.39, 0.29) is 0 Å². The van der Waals surface area contributed by atoms with E-state index in [0.717, 1.165) is 55.4 Å². The van der Waals surface area contributed by atoms with E-state index in [1.54, 1.807) is 0 Å². The predicted molar refractivity (Wildman–Crippen MR) is 178 cm³/mol. The number of hydrogen-bond acceptors (Lipinski definition) is 24. The first-order valence-corrected chi connectivity index (χ1v) is 17.7. The van der Waals surface area contributed by atoms with Gasteiger partial charge in [-0.3, -0.25) is 38.4 Å². The molecule has 3 aliphatic heterocycles. The van der Waals surface area contributed by atoms with Crippen molar-refractivity contribution in [3.05, 3.63) is 0 Å².